The number of nitrogens with two attached hydrogens (primary N) is 1. The molecule has 0 spiro atoms. The summed E-state index contributed by atoms with van der Waals surface area (Å²) in [6.45, 7) is 0. The number of carbonyl (C=O) groups excluding carboxylic acids is 1. The number of halogens is 4. The molecule has 3 rings (SSSR count). The lowest BCUT2D eigenvalue weighted by atomic mass is 10.1. The van der Waals surface area contributed by atoms with Crippen molar-refractivity contribution in [3.8, 4) is 0 Å². The van der Waals surface area contributed by atoms with E-state index < -0.39 is 17.3 Å². The van der Waals surface area contributed by atoms with Crippen LogP contribution in [0.2, 0.25) is 0 Å². The Bertz CT molecular complexity index is 726. The van der Waals surface area contributed by atoms with Crippen LogP contribution in [0.4, 0.5) is 18.3 Å². The Morgan fingerprint density at radius 3 is 2.46 bits per heavy atom. The Balaban J connectivity index is 0.00000208. The number of benzene rings is 1. The number of alkyl halides is 3. The second-order valence-corrected chi connectivity index (χ2v) is 6.73. The van der Waals surface area contributed by atoms with E-state index in [-0.39, 0.29) is 18.3 Å². The van der Waals surface area contributed by atoms with Gasteiger partial charge in [-0.25, -0.2) is 4.98 Å². The van der Waals surface area contributed by atoms with Crippen LogP contribution in [0.25, 0.3) is 0 Å². The molecule has 1 saturated carbocycles. The Hall–Kier alpha value is -1.64. The van der Waals surface area contributed by atoms with Gasteiger partial charge < -0.3 is 11.1 Å². The molecule has 24 heavy (non-hydrogen) atoms. The lowest BCUT2D eigenvalue weighted by Gasteiger charge is -2.07. The van der Waals surface area contributed by atoms with Gasteiger partial charge in [-0.15, -0.1) is 23.7 Å². The summed E-state index contributed by atoms with van der Waals surface area (Å²) in [5.74, 6) is -0.243. The first-order valence-corrected chi connectivity index (χ1v) is 7.79. The number of hydrogen-bond acceptors (Lipinski definition) is 4. The average Bonchev–Trinajstić information content (AvgIpc) is 3.09. The SMILES string of the molecule is Cl.NC1(C(=O)Nc2ncc(Cc3ccc(C(F)(F)F)cc3)s2)CC1. The Kier molecular flexibility index (Phi) is 5.22. The standard InChI is InChI=1S/C15H14F3N3OS.ClH/c16-15(17,18)10-3-1-9(2-4-10)7-11-8-20-13(23-11)21-12(22)14(19)5-6-14;/h1-4,8H,5-7,19H2,(H,20,21,22);1H. The fourth-order valence-corrected chi connectivity index (χ4v) is 2.88. The van der Waals surface area contributed by atoms with Crippen molar-refractivity contribution in [1.29, 1.82) is 0 Å². The van der Waals surface area contributed by atoms with Crippen LogP contribution in [-0.4, -0.2) is 16.4 Å². The Labute approximate surface area is 146 Å². The highest BCUT2D eigenvalue weighted by atomic mass is 35.5. The van der Waals surface area contributed by atoms with E-state index in [1.807, 2.05) is 0 Å². The fraction of sp³-hybridized carbons (Fsp3) is 0.333. The zero-order valence-corrected chi connectivity index (χ0v) is 14.0. The number of nitrogens with one attached hydrogen (secondary N) is 1. The van der Waals surface area contributed by atoms with Gasteiger partial charge in [-0.3, -0.25) is 4.79 Å². The minimum absolute atomic E-state index is 0. The molecule has 3 N–H and O–H groups in total. The van der Waals surface area contributed by atoms with Gasteiger partial charge in [0.15, 0.2) is 5.13 Å². The second kappa shape index (κ2) is 6.70. The Morgan fingerprint density at radius 1 is 1.29 bits per heavy atom. The number of aromatic nitrogens is 1. The summed E-state index contributed by atoms with van der Waals surface area (Å²) >= 11 is 1.29. The molecule has 1 aliphatic rings. The fourth-order valence-electron chi connectivity index (χ4n) is 2.04. The molecule has 0 atom stereocenters. The second-order valence-electron chi connectivity index (χ2n) is 5.61. The third-order valence-corrected chi connectivity index (χ3v) is 4.59. The van der Waals surface area contributed by atoms with Gasteiger partial charge in [-0.1, -0.05) is 12.1 Å². The first-order valence-electron chi connectivity index (χ1n) is 6.97. The highest BCUT2D eigenvalue weighted by Gasteiger charge is 2.46. The molecule has 1 aromatic carbocycles. The number of thiazole rings is 1. The minimum atomic E-state index is -4.33. The van der Waals surface area contributed by atoms with Crippen molar-refractivity contribution in [2.75, 3.05) is 5.32 Å². The number of anilines is 1. The first kappa shape index (κ1) is 18.7. The van der Waals surface area contributed by atoms with E-state index in [1.54, 1.807) is 6.20 Å². The summed E-state index contributed by atoms with van der Waals surface area (Å²) in [6, 6.07) is 5.01. The lowest BCUT2D eigenvalue weighted by Crippen LogP contribution is -2.37. The predicted molar refractivity (Wildman–Crippen MR) is 88.4 cm³/mol. The molecule has 0 radical (unpaired) electrons. The van der Waals surface area contributed by atoms with Crippen LogP contribution in [0.15, 0.2) is 30.5 Å². The lowest BCUT2D eigenvalue weighted by molar-refractivity contribution is -0.137. The highest BCUT2D eigenvalue weighted by molar-refractivity contribution is 7.15. The molecule has 0 bridgehead atoms. The molecular formula is C15H15ClF3N3OS. The summed E-state index contributed by atoms with van der Waals surface area (Å²) in [5, 5.41) is 3.13. The van der Waals surface area contributed by atoms with E-state index in [0.717, 1.165) is 22.6 Å². The monoisotopic (exact) mass is 377 g/mol. The van der Waals surface area contributed by atoms with Crippen molar-refractivity contribution in [2.45, 2.75) is 31.0 Å². The van der Waals surface area contributed by atoms with Gasteiger partial charge in [0.2, 0.25) is 5.91 Å². The minimum Gasteiger partial charge on any atom is -0.317 e. The number of rotatable bonds is 4. The average molecular weight is 378 g/mol. The van der Waals surface area contributed by atoms with Crippen LogP contribution in [-0.2, 0) is 17.4 Å². The number of amides is 1. The molecule has 2 aromatic rings. The summed E-state index contributed by atoms with van der Waals surface area (Å²) in [6.07, 6.45) is -0.930. The van der Waals surface area contributed by atoms with Crippen molar-refractivity contribution >= 4 is 34.8 Å². The third kappa shape index (κ3) is 4.25. The molecule has 1 fully saturated rings. The van der Waals surface area contributed by atoms with E-state index in [9.17, 15) is 18.0 Å². The van der Waals surface area contributed by atoms with Gasteiger partial charge in [0.25, 0.3) is 0 Å². The molecule has 0 saturated heterocycles. The van der Waals surface area contributed by atoms with Crippen LogP contribution in [0.1, 0.15) is 28.8 Å². The molecule has 0 aliphatic heterocycles. The van der Waals surface area contributed by atoms with Gasteiger partial charge in [-0.2, -0.15) is 13.2 Å². The van der Waals surface area contributed by atoms with Crippen molar-refractivity contribution in [3.63, 3.8) is 0 Å². The maximum absolute atomic E-state index is 12.5. The quantitative estimate of drug-likeness (QED) is 0.855. The molecule has 0 unspecified atom stereocenters. The van der Waals surface area contributed by atoms with E-state index in [0.29, 0.717) is 24.4 Å². The summed E-state index contributed by atoms with van der Waals surface area (Å²) in [5.41, 5.74) is 5.10. The maximum atomic E-state index is 12.5. The maximum Gasteiger partial charge on any atom is 0.416 e. The van der Waals surface area contributed by atoms with Gasteiger partial charge in [0.1, 0.15) is 0 Å². The van der Waals surface area contributed by atoms with Crippen LogP contribution in [0.5, 0.6) is 0 Å². The molecule has 1 aromatic heterocycles. The largest absolute Gasteiger partial charge is 0.416 e. The van der Waals surface area contributed by atoms with Crippen molar-refractivity contribution in [1.82, 2.24) is 4.98 Å². The van der Waals surface area contributed by atoms with Crippen LogP contribution in [0.3, 0.4) is 0 Å². The van der Waals surface area contributed by atoms with Crippen molar-refractivity contribution in [3.05, 3.63) is 46.5 Å². The van der Waals surface area contributed by atoms with Crippen molar-refractivity contribution < 1.29 is 18.0 Å². The van der Waals surface area contributed by atoms with Gasteiger partial charge >= 0.3 is 6.18 Å². The van der Waals surface area contributed by atoms with Gasteiger partial charge in [0.05, 0.1) is 11.1 Å². The molecule has 1 aliphatic carbocycles. The predicted octanol–water partition coefficient (Wildman–Crippen LogP) is 3.60. The smallest absolute Gasteiger partial charge is 0.317 e. The van der Waals surface area contributed by atoms with E-state index in [2.05, 4.69) is 10.3 Å². The van der Waals surface area contributed by atoms with E-state index in [1.165, 1.54) is 23.5 Å². The molecule has 130 valence electrons. The van der Waals surface area contributed by atoms with Crippen molar-refractivity contribution in [2.24, 2.45) is 5.73 Å². The third-order valence-electron chi connectivity index (χ3n) is 3.67. The molecular weight excluding hydrogens is 363 g/mol. The van der Waals surface area contributed by atoms with Gasteiger partial charge in [0, 0.05) is 17.5 Å². The van der Waals surface area contributed by atoms with Gasteiger partial charge in [-0.05, 0) is 30.5 Å². The topological polar surface area (TPSA) is 68.0 Å². The normalized spacial score (nSPS) is 15.5. The summed E-state index contributed by atoms with van der Waals surface area (Å²) in [4.78, 5) is 16.8. The molecule has 9 heteroatoms. The Morgan fingerprint density at radius 2 is 1.92 bits per heavy atom. The summed E-state index contributed by atoms with van der Waals surface area (Å²) < 4.78 is 37.5. The number of hydrogen-bond donors (Lipinski definition) is 2. The molecule has 4 nitrogen and oxygen atoms in total. The number of nitrogens with zero attached hydrogens (tertiary/aromatic N) is 1. The van der Waals surface area contributed by atoms with Crippen LogP contribution in [0, 0.1) is 0 Å². The molecule has 1 heterocycles. The van der Waals surface area contributed by atoms with Crippen LogP contribution < -0.4 is 11.1 Å². The summed E-state index contributed by atoms with van der Waals surface area (Å²) in [7, 11) is 0. The molecule has 1 amide bonds. The zero-order chi connectivity index (χ0) is 16.7. The van der Waals surface area contributed by atoms with Crippen LogP contribution >= 0.6 is 23.7 Å². The number of carbonyl (C=O) groups is 1. The van der Waals surface area contributed by atoms with E-state index in [4.69, 9.17) is 5.73 Å². The van der Waals surface area contributed by atoms with E-state index >= 15 is 0 Å². The zero-order valence-electron chi connectivity index (χ0n) is 12.4. The highest BCUT2D eigenvalue weighted by Crippen LogP contribution is 2.34. The first-order chi connectivity index (χ1) is 10.8.